The molecular weight excluding hydrogens is 220 g/mol. The van der Waals surface area contributed by atoms with E-state index in [1.54, 1.807) is 12.4 Å². The van der Waals surface area contributed by atoms with Gasteiger partial charge in [-0.1, -0.05) is 0 Å². The first kappa shape index (κ1) is 11.7. The summed E-state index contributed by atoms with van der Waals surface area (Å²) in [5, 5.41) is 0. The van der Waals surface area contributed by atoms with E-state index >= 15 is 0 Å². The van der Waals surface area contributed by atoms with Gasteiger partial charge >= 0.3 is 0 Å². The number of nitrogens with zero attached hydrogens (tertiary/aromatic N) is 1. The predicted molar refractivity (Wildman–Crippen MR) is 67.8 cm³/mol. The van der Waals surface area contributed by atoms with Gasteiger partial charge in [-0.15, -0.1) is 0 Å². The second-order valence-electron chi connectivity index (χ2n) is 4.11. The van der Waals surface area contributed by atoms with Crippen molar-refractivity contribution in [3.63, 3.8) is 0 Å². The number of hydrogen-bond donors (Lipinski definition) is 1. The monoisotopic (exact) mass is 238 g/mol. The first-order valence-electron chi connectivity index (χ1n) is 5.72. The van der Waals surface area contributed by atoms with E-state index in [9.17, 15) is 0 Å². The third-order valence-electron chi connectivity index (χ3n) is 2.95. The molecule has 4 heteroatoms. The van der Waals surface area contributed by atoms with Crippen molar-refractivity contribution in [3.05, 3.63) is 24.5 Å². The Labute approximate surface area is 101 Å². The summed E-state index contributed by atoms with van der Waals surface area (Å²) < 4.78 is 5.63. The number of thioether (sulfide) groups is 1. The van der Waals surface area contributed by atoms with Crippen LogP contribution in [0.5, 0.6) is 5.75 Å². The fraction of sp³-hybridized carbons (Fsp3) is 0.583. The molecule has 1 saturated heterocycles. The van der Waals surface area contributed by atoms with Crippen molar-refractivity contribution < 1.29 is 4.74 Å². The van der Waals surface area contributed by atoms with Gasteiger partial charge in [-0.05, 0) is 42.4 Å². The molecule has 0 spiro atoms. The topological polar surface area (TPSA) is 48.1 Å². The second kappa shape index (κ2) is 6.11. The third kappa shape index (κ3) is 3.39. The van der Waals surface area contributed by atoms with Crippen LogP contribution in [0.15, 0.2) is 24.5 Å². The largest absolute Gasteiger partial charge is 0.490 e. The summed E-state index contributed by atoms with van der Waals surface area (Å²) in [6.45, 7) is 0.598. The highest BCUT2D eigenvalue weighted by Crippen LogP contribution is 2.24. The lowest BCUT2D eigenvalue weighted by Gasteiger charge is -2.27. The normalized spacial score (nSPS) is 19.3. The van der Waals surface area contributed by atoms with Crippen LogP contribution in [0.2, 0.25) is 0 Å². The minimum atomic E-state index is 0.154. The summed E-state index contributed by atoms with van der Waals surface area (Å²) in [4.78, 5) is 4.01. The molecule has 88 valence electrons. The van der Waals surface area contributed by atoms with Gasteiger partial charge in [0.2, 0.25) is 0 Å². The maximum absolute atomic E-state index is 6.14. The van der Waals surface area contributed by atoms with Gasteiger partial charge in [0.15, 0.2) is 0 Å². The Morgan fingerprint density at radius 3 is 3.00 bits per heavy atom. The molecule has 0 amide bonds. The van der Waals surface area contributed by atoms with Crippen molar-refractivity contribution in [1.82, 2.24) is 4.98 Å². The van der Waals surface area contributed by atoms with Gasteiger partial charge in [-0.3, -0.25) is 4.98 Å². The minimum absolute atomic E-state index is 0.154. The molecular formula is C12H18N2OS. The van der Waals surface area contributed by atoms with Gasteiger partial charge in [0.25, 0.3) is 0 Å². The molecule has 2 N–H and O–H groups in total. The average Bonchev–Trinajstić information content (AvgIpc) is 2.38. The third-order valence-corrected chi connectivity index (χ3v) is 4.00. The average molecular weight is 238 g/mol. The summed E-state index contributed by atoms with van der Waals surface area (Å²) in [5.41, 5.74) is 6.14. The van der Waals surface area contributed by atoms with Crippen LogP contribution in [0.3, 0.4) is 0 Å². The van der Waals surface area contributed by atoms with Crippen molar-refractivity contribution in [3.8, 4) is 5.75 Å². The van der Waals surface area contributed by atoms with Gasteiger partial charge in [0.05, 0.1) is 6.20 Å². The summed E-state index contributed by atoms with van der Waals surface area (Å²) in [7, 11) is 0. The van der Waals surface area contributed by atoms with E-state index < -0.39 is 0 Å². The summed E-state index contributed by atoms with van der Waals surface area (Å²) in [6.07, 6.45) is 5.92. The Bertz CT molecular complexity index is 301. The van der Waals surface area contributed by atoms with E-state index in [1.807, 2.05) is 23.9 Å². The lowest BCUT2D eigenvalue weighted by Crippen LogP contribution is -2.37. The first-order chi connectivity index (χ1) is 7.86. The number of rotatable bonds is 4. The molecule has 1 aliphatic heterocycles. The summed E-state index contributed by atoms with van der Waals surface area (Å²) in [6, 6.07) is 3.94. The lowest BCUT2D eigenvalue weighted by atomic mass is 9.95. The molecule has 2 heterocycles. The minimum Gasteiger partial charge on any atom is -0.490 e. The molecule has 0 saturated carbocycles. The highest BCUT2D eigenvalue weighted by molar-refractivity contribution is 7.99. The quantitative estimate of drug-likeness (QED) is 0.870. The van der Waals surface area contributed by atoms with Gasteiger partial charge in [-0.2, -0.15) is 11.8 Å². The molecule has 2 rings (SSSR count). The Hall–Kier alpha value is -0.740. The van der Waals surface area contributed by atoms with Crippen LogP contribution in [0, 0.1) is 5.92 Å². The van der Waals surface area contributed by atoms with E-state index in [4.69, 9.17) is 10.5 Å². The molecule has 0 aromatic carbocycles. The molecule has 1 unspecified atom stereocenters. The van der Waals surface area contributed by atoms with Gasteiger partial charge in [0, 0.05) is 12.2 Å². The number of nitrogens with two attached hydrogens (primary N) is 1. The standard InChI is InChI=1S/C12H18N2OS/c13-12(10-3-6-16-7-4-10)9-15-11-2-1-5-14-8-11/h1-2,5,8,10,12H,3-4,6-7,9,13H2. The summed E-state index contributed by atoms with van der Waals surface area (Å²) in [5.74, 6) is 3.91. The van der Waals surface area contributed by atoms with Gasteiger partial charge in [0.1, 0.15) is 12.4 Å². The van der Waals surface area contributed by atoms with E-state index in [0.717, 1.165) is 5.75 Å². The van der Waals surface area contributed by atoms with Crippen molar-refractivity contribution in [2.75, 3.05) is 18.1 Å². The Morgan fingerprint density at radius 2 is 2.31 bits per heavy atom. The van der Waals surface area contributed by atoms with Gasteiger partial charge < -0.3 is 10.5 Å². The molecule has 0 radical (unpaired) electrons. The van der Waals surface area contributed by atoms with Crippen molar-refractivity contribution in [1.29, 1.82) is 0 Å². The molecule has 0 bridgehead atoms. The Kier molecular flexibility index (Phi) is 4.48. The van der Waals surface area contributed by atoms with E-state index in [1.165, 1.54) is 24.3 Å². The molecule has 16 heavy (non-hydrogen) atoms. The predicted octanol–water partition coefficient (Wildman–Crippen LogP) is 1.93. The molecule has 1 aliphatic rings. The number of aromatic nitrogens is 1. The van der Waals surface area contributed by atoms with Crippen molar-refractivity contribution in [2.45, 2.75) is 18.9 Å². The van der Waals surface area contributed by atoms with Crippen LogP contribution in [-0.4, -0.2) is 29.1 Å². The molecule has 1 aromatic rings. The zero-order valence-corrected chi connectivity index (χ0v) is 10.2. The fourth-order valence-corrected chi connectivity index (χ4v) is 3.05. The SMILES string of the molecule is NC(COc1cccnc1)C1CCSCC1. The molecule has 1 fully saturated rings. The van der Waals surface area contributed by atoms with Crippen molar-refractivity contribution in [2.24, 2.45) is 11.7 Å². The molecule has 1 atom stereocenters. The van der Waals surface area contributed by atoms with E-state index in [-0.39, 0.29) is 6.04 Å². The second-order valence-corrected chi connectivity index (χ2v) is 5.34. The molecule has 0 aliphatic carbocycles. The van der Waals surface area contributed by atoms with Crippen LogP contribution < -0.4 is 10.5 Å². The van der Waals surface area contributed by atoms with Crippen molar-refractivity contribution >= 4 is 11.8 Å². The zero-order chi connectivity index (χ0) is 11.2. The molecule has 3 nitrogen and oxygen atoms in total. The Balaban J connectivity index is 1.76. The highest BCUT2D eigenvalue weighted by Gasteiger charge is 2.21. The summed E-state index contributed by atoms with van der Waals surface area (Å²) >= 11 is 2.02. The number of ether oxygens (including phenoxy) is 1. The maximum atomic E-state index is 6.14. The first-order valence-corrected chi connectivity index (χ1v) is 6.88. The van der Waals surface area contributed by atoms with Crippen LogP contribution in [-0.2, 0) is 0 Å². The van der Waals surface area contributed by atoms with Crippen LogP contribution in [0.1, 0.15) is 12.8 Å². The van der Waals surface area contributed by atoms with Crippen LogP contribution in [0.4, 0.5) is 0 Å². The maximum Gasteiger partial charge on any atom is 0.137 e. The van der Waals surface area contributed by atoms with Crippen LogP contribution in [0.25, 0.3) is 0 Å². The number of pyridine rings is 1. The molecule has 1 aromatic heterocycles. The van der Waals surface area contributed by atoms with E-state index in [0.29, 0.717) is 12.5 Å². The van der Waals surface area contributed by atoms with E-state index in [2.05, 4.69) is 4.98 Å². The fourth-order valence-electron chi connectivity index (χ4n) is 1.90. The number of hydrogen-bond acceptors (Lipinski definition) is 4. The smallest absolute Gasteiger partial charge is 0.137 e. The van der Waals surface area contributed by atoms with Gasteiger partial charge in [-0.25, -0.2) is 0 Å². The zero-order valence-electron chi connectivity index (χ0n) is 9.34. The highest BCUT2D eigenvalue weighted by atomic mass is 32.2. The lowest BCUT2D eigenvalue weighted by molar-refractivity contribution is 0.238. The Morgan fingerprint density at radius 1 is 1.50 bits per heavy atom. The van der Waals surface area contributed by atoms with Crippen LogP contribution >= 0.6 is 11.8 Å².